The van der Waals surface area contributed by atoms with Crippen LogP contribution < -0.4 is 5.32 Å². The molecule has 2 aromatic rings. The molecule has 1 atom stereocenters. The second-order valence-electron chi connectivity index (χ2n) is 4.76. The molecular weight excluding hydrogens is 295 g/mol. The van der Waals surface area contributed by atoms with Gasteiger partial charge in [-0.25, -0.2) is 9.97 Å². The molecule has 2 rings (SSSR count). The summed E-state index contributed by atoms with van der Waals surface area (Å²) in [4.78, 5) is 7.25. The molecule has 0 fully saturated rings. The first-order chi connectivity index (χ1) is 10.5. The number of nitrogens with zero attached hydrogens (tertiary/aromatic N) is 2. The van der Waals surface area contributed by atoms with E-state index in [9.17, 15) is 13.2 Å². The summed E-state index contributed by atoms with van der Waals surface area (Å²) in [6, 6.07) is 10.3. The second kappa shape index (κ2) is 7.22. The van der Waals surface area contributed by atoms with E-state index in [0.29, 0.717) is 13.0 Å². The minimum atomic E-state index is -4.50. The zero-order valence-corrected chi connectivity index (χ0v) is 11.7. The number of aliphatic hydroxyl groups excluding tert-OH is 1. The number of hydrogen-bond acceptors (Lipinski definition) is 4. The van der Waals surface area contributed by atoms with Crippen LogP contribution in [0.5, 0.6) is 0 Å². The Kier molecular flexibility index (Phi) is 5.32. The normalized spacial score (nSPS) is 12.9. The van der Waals surface area contributed by atoms with E-state index in [4.69, 9.17) is 5.11 Å². The standard InChI is InChI=1S/C15H16F3N3O/c16-15(17,18)13-6-8-19-14(21-13)20-10-12(7-9-22)11-4-2-1-3-5-11/h1-6,8,12,22H,7,9-10H2,(H,19,20,21). The van der Waals surface area contributed by atoms with E-state index in [1.165, 1.54) is 0 Å². The lowest BCUT2D eigenvalue weighted by Crippen LogP contribution is -2.17. The van der Waals surface area contributed by atoms with Gasteiger partial charge in [0, 0.05) is 25.3 Å². The van der Waals surface area contributed by atoms with Gasteiger partial charge in [0.1, 0.15) is 5.69 Å². The lowest BCUT2D eigenvalue weighted by Gasteiger charge is -2.17. The third-order valence-electron chi connectivity index (χ3n) is 3.20. The molecule has 0 aliphatic heterocycles. The van der Waals surface area contributed by atoms with Gasteiger partial charge in [-0.2, -0.15) is 13.2 Å². The van der Waals surface area contributed by atoms with E-state index < -0.39 is 11.9 Å². The second-order valence-corrected chi connectivity index (χ2v) is 4.76. The van der Waals surface area contributed by atoms with Crippen LogP contribution in [-0.2, 0) is 6.18 Å². The monoisotopic (exact) mass is 311 g/mol. The summed E-state index contributed by atoms with van der Waals surface area (Å²) >= 11 is 0. The maximum atomic E-state index is 12.6. The first-order valence-corrected chi connectivity index (χ1v) is 6.80. The molecule has 0 amide bonds. The molecule has 0 saturated carbocycles. The van der Waals surface area contributed by atoms with E-state index in [0.717, 1.165) is 17.8 Å². The number of benzene rings is 1. The number of alkyl halides is 3. The minimum absolute atomic E-state index is 0.00924. The van der Waals surface area contributed by atoms with Crippen LogP contribution in [0.4, 0.5) is 19.1 Å². The Morgan fingerprint density at radius 3 is 2.50 bits per heavy atom. The van der Waals surface area contributed by atoms with Crippen molar-refractivity contribution < 1.29 is 18.3 Å². The predicted octanol–water partition coefficient (Wildman–Crippen LogP) is 3.07. The summed E-state index contributed by atoms with van der Waals surface area (Å²) in [6.45, 7) is 0.330. The number of anilines is 1. The first-order valence-electron chi connectivity index (χ1n) is 6.80. The number of nitrogens with one attached hydrogen (secondary N) is 1. The predicted molar refractivity (Wildman–Crippen MR) is 76.4 cm³/mol. The summed E-state index contributed by atoms with van der Waals surface area (Å²) in [5.41, 5.74) is 0.0134. The molecular formula is C15H16F3N3O. The molecule has 0 aliphatic rings. The van der Waals surface area contributed by atoms with Crippen molar-refractivity contribution in [1.29, 1.82) is 0 Å². The Labute approximate surface area is 126 Å². The quantitative estimate of drug-likeness (QED) is 0.861. The van der Waals surface area contributed by atoms with E-state index in [1.807, 2.05) is 30.3 Å². The van der Waals surface area contributed by atoms with Gasteiger partial charge in [0.15, 0.2) is 0 Å². The third-order valence-corrected chi connectivity index (χ3v) is 3.20. The average Bonchev–Trinajstić information content (AvgIpc) is 2.52. The number of aliphatic hydroxyl groups is 1. The van der Waals surface area contributed by atoms with Crippen molar-refractivity contribution in [3.05, 3.63) is 53.9 Å². The van der Waals surface area contributed by atoms with Gasteiger partial charge in [-0.05, 0) is 18.1 Å². The van der Waals surface area contributed by atoms with Crippen molar-refractivity contribution in [2.24, 2.45) is 0 Å². The maximum absolute atomic E-state index is 12.6. The number of hydrogen-bond donors (Lipinski definition) is 2. The first kappa shape index (κ1) is 16.2. The number of rotatable bonds is 6. The van der Waals surface area contributed by atoms with Crippen LogP contribution in [0.15, 0.2) is 42.6 Å². The summed E-state index contributed by atoms with van der Waals surface area (Å²) in [5.74, 6) is -0.113. The molecule has 118 valence electrons. The molecule has 1 heterocycles. The Bertz CT molecular complexity index is 590. The fraction of sp³-hybridized carbons (Fsp3) is 0.333. The van der Waals surface area contributed by atoms with E-state index in [2.05, 4.69) is 15.3 Å². The Morgan fingerprint density at radius 1 is 1.14 bits per heavy atom. The van der Waals surface area contributed by atoms with Crippen LogP contribution in [0.25, 0.3) is 0 Å². The summed E-state index contributed by atoms with van der Waals surface area (Å²) in [6.07, 6.45) is -2.93. The zero-order valence-electron chi connectivity index (χ0n) is 11.7. The smallest absolute Gasteiger partial charge is 0.396 e. The van der Waals surface area contributed by atoms with Gasteiger partial charge in [-0.15, -0.1) is 0 Å². The van der Waals surface area contributed by atoms with Gasteiger partial charge in [-0.1, -0.05) is 30.3 Å². The molecule has 1 aromatic carbocycles. The van der Waals surface area contributed by atoms with E-state index in [1.54, 1.807) is 0 Å². The maximum Gasteiger partial charge on any atom is 0.433 e. The zero-order chi connectivity index (χ0) is 16.0. The molecule has 0 spiro atoms. The minimum Gasteiger partial charge on any atom is -0.396 e. The van der Waals surface area contributed by atoms with Gasteiger partial charge in [0.05, 0.1) is 0 Å². The molecule has 1 unspecified atom stereocenters. The highest BCUT2D eigenvalue weighted by Crippen LogP contribution is 2.27. The number of halogens is 3. The van der Waals surface area contributed by atoms with Gasteiger partial charge >= 0.3 is 6.18 Å². The molecule has 4 nitrogen and oxygen atoms in total. The lowest BCUT2D eigenvalue weighted by atomic mass is 9.96. The van der Waals surface area contributed by atoms with E-state index in [-0.39, 0.29) is 18.5 Å². The third kappa shape index (κ3) is 4.42. The highest BCUT2D eigenvalue weighted by atomic mass is 19.4. The van der Waals surface area contributed by atoms with Crippen molar-refractivity contribution in [3.63, 3.8) is 0 Å². The average molecular weight is 311 g/mol. The van der Waals surface area contributed by atoms with Crippen LogP contribution >= 0.6 is 0 Å². The molecule has 0 radical (unpaired) electrons. The SMILES string of the molecule is OCCC(CNc1nccc(C(F)(F)F)n1)c1ccccc1. The molecule has 22 heavy (non-hydrogen) atoms. The molecule has 2 N–H and O–H groups in total. The van der Waals surface area contributed by atoms with Crippen molar-refractivity contribution in [3.8, 4) is 0 Å². The van der Waals surface area contributed by atoms with Crippen molar-refractivity contribution in [2.45, 2.75) is 18.5 Å². The fourth-order valence-corrected chi connectivity index (χ4v) is 2.08. The molecule has 0 bridgehead atoms. The van der Waals surface area contributed by atoms with Crippen LogP contribution in [-0.4, -0.2) is 28.2 Å². The van der Waals surface area contributed by atoms with Gasteiger partial charge < -0.3 is 10.4 Å². The summed E-state index contributed by atoms with van der Waals surface area (Å²) in [5, 5.41) is 11.9. The van der Waals surface area contributed by atoms with E-state index >= 15 is 0 Å². The van der Waals surface area contributed by atoms with Crippen molar-refractivity contribution in [1.82, 2.24) is 9.97 Å². The van der Waals surface area contributed by atoms with Crippen molar-refractivity contribution in [2.75, 3.05) is 18.5 Å². The van der Waals surface area contributed by atoms with Crippen LogP contribution in [0.1, 0.15) is 23.6 Å². The Balaban J connectivity index is 2.07. The van der Waals surface area contributed by atoms with Gasteiger partial charge in [0.2, 0.25) is 5.95 Å². The van der Waals surface area contributed by atoms with Gasteiger partial charge in [-0.3, -0.25) is 0 Å². The highest BCUT2D eigenvalue weighted by molar-refractivity contribution is 5.29. The van der Waals surface area contributed by atoms with Crippen LogP contribution in [0, 0.1) is 0 Å². The Hall–Kier alpha value is -2.15. The fourth-order valence-electron chi connectivity index (χ4n) is 2.08. The molecule has 0 saturated heterocycles. The lowest BCUT2D eigenvalue weighted by molar-refractivity contribution is -0.141. The van der Waals surface area contributed by atoms with Crippen LogP contribution in [0.3, 0.4) is 0 Å². The Morgan fingerprint density at radius 2 is 1.86 bits per heavy atom. The summed E-state index contributed by atoms with van der Waals surface area (Å²) < 4.78 is 37.8. The molecule has 1 aromatic heterocycles. The highest BCUT2D eigenvalue weighted by Gasteiger charge is 2.32. The van der Waals surface area contributed by atoms with Gasteiger partial charge in [0.25, 0.3) is 0 Å². The topological polar surface area (TPSA) is 58.0 Å². The molecule has 7 heteroatoms. The summed E-state index contributed by atoms with van der Waals surface area (Å²) in [7, 11) is 0. The van der Waals surface area contributed by atoms with Crippen molar-refractivity contribution >= 4 is 5.95 Å². The number of aromatic nitrogens is 2. The molecule has 0 aliphatic carbocycles. The largest absolute Gasteiger partial charge is 0.433 e. The van der Waals surface area contributed by atoms with Crippen LogP contribution in [0.2, 0.25) is 0 Å².